The monoisotopic (exact) mass is 420 g/mol. The summed E-state index contributed by atoms with van der Waals surface area (Å²) in [4.78, 5) is 32.2. The van der Waals surface area contributed by atoms with E-state index in [2.05, 4.69) is 9.97 Å². The number of para-hydroxylation sites is 1. The van der Waals surface area contributed by atoms with Gasteiger partial charge in [-0.05, 0) is 49.4 Å². The molecule has 0 aliphatic rings. The van der Waals surface area contributed by atoms with Crippen LogP contribution in [-0.4, -0.2) is 22.5 Å². The van der Waals surface area contributed by atoms with E-state index in [9.17, 15) is 9.59 Å². The van der Waals surface area contributed by atoms with E-state index in [1.54, 1.807) is 60.7 Å². The van der Waals surface area contributed by atoms with Gasteiger partial charge in [-0.1, -0.05) is 35.9 Å². The van der Waals surface area contributed by atoms with Crippen LogP contribution in [0.5, 0.6) is 11.5 Å². The number of aromatic nitrogens is 2. The van der Waals surface area contributed by atoms with Crippen LogP contribution in [0.2, 0.25) is 5.02 Å². The summed E-state index contributed by atoms with van der Waals surface area (Å²) in [6, 6.07) is 18.7. The molecule has 30 heavy (non-hydrogen) atoms. The Morgan fingerprint density at radius 2 is 1.80 bits per heavy atom. The average molecular weight is 421 g/mol. The molecule has 0 saturated heterocycles. The smallest absolute Gasteiger partial charge is 0.345 e. The van der Waals surface area contributed by atoms with Crippen molar-refractivity contribution in [1.82, 2.24) is 9.97 Å². The number of nitrogens with one attached hydrogen (secondary N) is 1. The molecule has 150 valence electrons. The van der Waals surface area contributed by atoms with Gasteiger partial charge in [-0.15, -0.1) is 0 Å². The lowest BCUT2D eigenvalue weighted by molar-refractivity contribution is 0.0728. The lowest BCUT2D eigenvalue weighted by Gasteiger charge is -2.13. The molecule has 0 fully saturated rings. The Bertz CT molecular complexity index is 1300. The summed E-state index contributed by atoms with van der Waals surface area (Å²) < 4.78 is 11.2. The lowest BCUT2D eigenvalue weighted by atomic mass is 10.1. The van der Waals surface area contributed by atoms with E-state index in [0.717, 1.165) is 0 Å². The molecular weight excluding hydrogens is 404 g/mol. The highest BCUT2D eigenvalue weighted by Gasteiger charge is 2.17. The van der Waals surface area contributed by atoms with Crippen LogP contribution >= 0.6 is 11.6 Å². The molecule has 1 N–H and O–H groups in total. The van der Waals surface area contributed by atoms with Crippen molar-refractivity contribution in [1.29, 1.82) is 0 Å². The maximum atomic E-state index is 12.5. The first-order valence-electron chi connectivity index (χ1n) is 9.30. The average Bonchev–Trinajstić information content (AvgIpc) is 2.75. The quantitative estimate of drug-likeness (QED) is 0.368. The molecule has 4 aromatic rings. The van der Waals surface area contributed by atoms with E-state index in [0.29, 0.717) is 39.7 Å². The van der Waals surface area contributed by atoms with Gasteiger partial charge in [-0.25, -0.2) is 9.78 Å². The second-order valence-electron chi connectivity index (χ2n) is 6.40. The van der Waals surface area contributed by atoms with Crippen molar-refractivity contribution in [2.75, 3.05) is 6.61 Å². The van der Waals surface area contributed by atoms with Gasteiger partial charge in [-0.2, -0.15) is 0 Å². The summed E-state index contributed by atoms with van der Waals surface area (Å²) in [7, 11) is 0. The van der Waals surface area contributed by atoms with Crippen molar-refractivity contribution >= 4 is 28.5 Å². The summed E-state index contributed by atoms with van der Waals surface area (Å²) in [6.45, 7) is 2.18. The van der Waals surface area contributed by atoms with Crippen LogP contribution in [0.3, 0.4) is 0 Å². The van der Waals surface area contributed by atoms with Crippen LogP contribution in [0.1, 0.15) is 17.3 Å². The second-order valence-corrected chi connectivity index (χ2v) is 6.80. The molecule has 0 radical (unpaired) electrons. The standard InChI is InChI=1S/C23H17ClN2O4/c1-2-29-20-13-14(21-25-18-10-6-4-8-16(18)22(27)26-21)11-12-19(20)30-23(28)15-7-3-5-9-17(15)24/h3-13H,2H2,1H3,(H,25,26,27). The van der Waals surface area contributed by atoms with Crippen LogP contribution in [0.4, 0.5) is 0 Å². The predicted octanol–water partition coefficient (Wildman–Crippen LogP) is 4.86. The highest BCUT2D eigenvalue weighted by Crippen LogP contribution is 2.33. The van der Waals surface area contributed by atoms with Crippen molar-refractivity contribution in [3.05, 3.63) is 87.7 Å². The van der Waals surface area contributed by atoms with Gasteiger partial charge >= 0.3 is 5.97 Å². The van der Waals surface area contributed by atoms with E-state index < -0.39 is 5.97 Å². The molecule has 1 heterocycles. The number of hydrogen-bond acceptors (Lipinski definition) is 5. The first-order chi connectivity index (χ1) is 14.6. The molecule has 1 aromatic heterocycles. The molecule has 0 unspecified atom stereocenters. The van der Waals surface area contributed by atoms with E-state index in [4.69, 9.17) is 21.1 Å². The number of H-pyrrole nitrogens is 1. The Labute approximate surface area is 177 Å². The molecule has 0 atom stereocenters. The first-order valence-corrected chi connectivity index (χ1v) is 9.67. The Kier molecular flexibility index (Phi) is 5.50. The van der Waals surface area contributed by atoms with E-state index in [1.807, 2.05) is 13.0 Å². The third-order valence-electron chi connectivity index (χ3n) is 4.43. The number of aromatic amines is 1. The molecule has 0 amide bonds. The number of esters is 1. The maximum absolute atomic E-state index is 12.5. The molecule has 0 aliphatic heterocycles. The van der Waals surface area contributed by atoms with Crippen molar-refractivity contribution in [3.8, 4) is 22.9 Å². The Balaban J connectivity index is 1.71. The largest absolute Gasteiger partial charge is 0.490 e. The Hall–Kier alpha value is -3.64. The normalized spacial score (nSPS) is 10.7. The van der Waals surface area contributed by atoms with E-state index >= 15 is 0 Å². The van der Waals surface area contributed by atoms with Gasteiger partial charge in [-0.3, -0.25) is 4.79 Å². The number of nitrogens with zero attached hydrogens (tertiary/aromatic N) is 1. The number of benzene rings is 3. The van der Waals surface area contributed by atoms with Gasteiger partial charge in [0.1, 0.15) is 5.82 Å². The zero-order valence-corrected chi connectivity index (χ0v) is 16.8. The van der Waals surface area contributed by atoms with Crippen LogP contribution in [-0.2, 0) is 0 Å². The van der Waals surface area contributed by atoms with Gasteiger partial charge in [0.05, 0.1) is 28.1 Å². The molecule has 0 bridgehead atoms. The van der Waals surface area contributed by atoms with Crippen molar-refractivity contribution < 1.29 is 14.3 Å². The Morgan fingerprint density at radius 3 is 2.60 bits per heavy atom. The topological polar surface area (TPSA) is 81.3 Å². The second kappa shape index (κ2) is 8.39. The fraction of sp³-hybridized carbons (Fsp3) is 0.0870. The summed E-state index contributed by atoms with van der Waals surface area (Å²) in [5.41, 5.74) is 1.23. The summed E-state index contributed by atoms with van der Waals surface area (Å²) >= 11 is 6.08. The molecular formula is C23H17ClN2O4. The maximum Gasteiger partial charge on any atom is 0.345 e. The summed E-state index contributed by atoms with van der Waals surface area (Å²) in [5, 5.41) is 0.812. The predicted molar refractivity (Wildman–Crippen MR) is 115 cm³/mol. The van der Waals surface area contributed by atoms with E-state index in [1.165, 1.54) is 0 Å². The number of carbonyl (C=O) groups is 1. The Morgan fingerprint density at radius 1 is 1.03 bits per heavy atom. The minimum Gasteiger partial charge on any atom is -0.490 e. The van der Waals surface area contributed by atoms with Crippen molar-refractivity contribution in [2.24, 2.45) is 0 Å². The molecule has 7 heteroatoms. The third-order valence-corrected chi connectivity index (χ3v) is 4.76. The molecule has 0 saturated carbocycles. The van der Waals surface area contributed by atoms with Crippen molar-refractivity contribution in [3.63, 3.8) is 0 Å². The molecule has 0 aliphatic carbocycles. The van der Waals surface area contributed by atoms with Crippen LogP contribution in [0.25, 0.3) is 22.3 Å². The highest BCUT2D eigenvalue weighted by molar-refractivity contribution is 6.33. The summed E-state index contributed by atoms with van der Waals surface area (Å²) in [6.07, 6.45) is 0. The van der Waals surface area contributed by atoms with Gasteiger partial charge in [0.2, 0.25) is 0 Å². The van der Waals surface area contributed by atoms with Gasteiger partial charge in [0, 0.05) is 5.56 Å². The van der Waals surface area contributed by atoms with Crippen molar-refractivity contribution in [2.45, 2.75) is 6.92 Å². The van der Waals surface area contributed by atoms with Gasteiger partial charge in [0.15, 0.2) is 11.5 Å². The highest BCUT2D eigenvalue weighted by atomic mass is 35.5. The number of carbonyl (C=O) groups excluding carboxylic acids is 1. The molecule has 0 spiro atoms. The minimum absolute atomic E-state index is 0.234. The van der Waals surface area contributed by atoms with Gasteiger partial charge < -0.3 is 14.5 Å². The first kappa shape index (κ1) is 19.7. The lowest BCUT2D eigenvalue weighted by Crippen LogP contribution is -2.11. The fourth-order valence-corrected chi connectivity index (χ4v) is 3.23. The molecule has 6 nitrogen and oxygen atoms in total. The number of ether oxygens (including phenoxy) is 2. The van der Waals surface area contributed by atoms with Crippen LogP contribution in [0, 0.1) is 0 Å². The zero-order chi connectivity index (χ0) is 21.1. The number of fused-ring (bicyclic) bond motifs is 1. The van der Waals surface area contributed by atoms with Gasteiger partial charge in [0.25, 0.3) is 5.56 Å². The number of hydrogen-bond donors (Lipinski definition) is 1. The zero-order valence-electron chi connectivity index (χ0n) is 16.0. The number of rotatable bonds is 5. The van der Waals surface area contributed by atoms with E-state index in [-0.39, 0.29) is 16.9 Å². The minimum atomic E-state index is -0.591. The third kappa shape index (κ3) is 3.90. The fourth-order valence-electron chi connectivity index (χ4n) is 3.01. The summed E-state index contributed by atoms with van der Waals surface area (Å²) in [5.74, 6) is 0.398. The number of halogens is 1. The van der Waals surface area contributed by atoms with Crippen LogP contribution < -0.4 is 15.0 Å². The van der Waals surface area contributed by atoms with Crippen LogP contribution in [0.15, 0.2) is 71.5 Å². The molecule has 4 rings (SSSR count). The molecule has 3 aromatic carbocycles. The SMILES string of the molecule is CCOc1cc(-c2nc3ccccc3c(=O)[nH]2)ccc1OC(=O)c1ccccc1Cl.